The molecule has 1 saturated heterocycles. The normalized spacial score (nSPS) is 22.7. The standard InChI is InChI=1S/C15H20N4O2/c1-3-19-13-6-5-11(9-12(13)16-17-19)14(20)18-8-4-7-15(2,21)10-18/h5-6,9,21H,3-4,7-8,10H2,1-2H3. The fraction of sp³-hybridized carbons (Fsp3) is 0.533. The molecule has 6 heteroatoms. The molecule has 2 heterocycles. The summed E-state index contributed by atoms with van der Waals surface area (Å²) in [5, 5.41) is 18.3. The molecule has 1 aromatic carbocycles. The van der Waals surface area contributed by atoms with Crippen LogP contribution in [0.25, 0.3) is 11.0 Å². The van der Waals surface area contributed by atoms with Crippen molar-refractivity contribution in [1.82, 2.24) is 19.9 Å². The first-order chi connectivity index (χ1) is 10.00. The number of aliphatic hydroxyl groups is 1. The molecule has 2 aromatic rings. The van der Waals surface area contributed by atoms with E-state index in [1.165, 1.54) is 0 Å². The molecule has 3 rings (SSSR count). The average Bonchev–Trinajstić information content (AvgIpc) is 2.87. The van der Waals surface area contributed by atoms with Gasteiger partial charge in [-0.3, -0.25) is 4.79 Å². The highest BCUT2D eigenvalue weighted by Gasteiger charge is 2.31. The minimum Gasteiger partial charge on any atom is -0.388 e. The number of benzene rings is 1. The SMILES string of the molecule is CCn1nnc2cc(C(=O)N3CCCC(C)(O)C3)ccc21. The van der Waals surface area contributed by atoms with Gasteiger partial charge in [-0.25, -0.2) is 4.68 Å². The van der Waals surface area contributed by atoms with Gasteiger partial charge in [0.2, 0.25) is 0 Å². The quantitative estimate of drug-likeness (QED) is 0.907. The molecule has 1 aliphatic heterocycles. The Morgan fingerprint density at radius 2 is 2.29 bits per heavy atom. The maximum Gasteiger partial charge on any atom is 0.254 e. The molecule has 1 amide bonds. The van der Waals surface area contributed by atoms with E-state index in [1.54, 1.807) is 22.6 Å². The van der Waals surface area contributed by atoms with E-state index in [9.17, 15) is 9.90 Å². The van der Waals surface area contributed by atoms with Crippen molar-refractivity contribution < 1.29 is 9.90 Å². The number of rotatable bonds is 2. The smallest absolute Gasteiger partial charge is 0.254 e. The fourth-order valence-corrected chi connectivity index (χ4v) is 2.91. The first-order valence-corrected chi connectivity index (χ1v) is 7.35. The molecule has 1 aromatic heterocycles. The molecule has 1 aliphatic rings. The molecule has 0 saturated carbocycles. The Kier molecular flexibility index (Phi) is 3.41. The van der Waals surface area contributed by atoms with Gasteiger partial charge < -0.3 is 10.0 Å². The van der Waals surface area contributed by atoms with Crippen LogP contribution in [0.1, 0.15) is 37.0 Å². The summed E-state index contributed by atoms with van der Waals surface area (Å²) in [7, 11) is 0. The van der Waals surface area contributed by atoms with Crippen molar-refractivity contribution in [1.29, 1.82) is 0 Å². The van der Waals surface area contributed by atoms with E-state index < -0.39 is 5.60 Å². The number of aromatic nitrogens is 3. The highest BCUT2D eigenvalue weighted by atomic mass is 16.3. The molecule has 6 nitrogen and oxygen atoms in total. The molecule has 0 bridgehead atoms. The lowest BCUT2D eigenvalue weighted by atomic mass is 9.94. The van der Waals surface area contributed by atoms with Crippen molar-refractivity contribution in [2.75, 3.05) is 13.1 Å². The second kappa shape index (κ2) is 5.11. The van der Waals surface area contributed by atoms with Crippen LogP contribution in [-0.2, 0) is 6.54 Å². The van der Waals surface area contributed by atoms with Gasteiger partial charge in [0, 0.05) is 25.2 Å². The molecular formula is C15H20N4O2. The number of aryl methyl sites for hydroxylation is 1. The van der Waals surface area contributed by atoms with Gasteiger partial charge in [0.25, 0.3) is 5.91 Å². The van der Waals surface area contributed by atoms with Gasteiger partial charge in [0.05, 0.1) is 11.1 Å². The molecule has 1 atom stereocenters. The van der Waals surface area contributed by atoms with Crippen molar-refractivity contribution in [3.63, 3.8) is 0 Å². The van der Waals surface area contributed by atoms with Crippen molar-refractivity contribution in [3.8, 4) is 0 Å². The van der Waals surface area contributed by atoms with Crippen LogP contribution in [-0.4, -0.2) is 49.6 Å². The minimum absolute atomic E-state index is 0.0528. The highest BCUT2D eigenvalue weighted by Crippen LogP contribution is 2.22. The van der Waals surface area contributed by atoms with Crippen molar-refractivity contribution >= 4 is 16.9 Å². The van der Waals surface area contributed by atoms with Crippen LogP contribution in [0.15, 0.2) is 18.2 Å². The summed E-state index contributed by atoms with van der Waals surface area (Å²) in [4.78, 5) is 14.3. The van der Waals surface area contributed by atoms with E-state index in [4.69, 9.17) is 0 Å². The number of nitrogens with zero attached hydrogens (tertiary/aromatic N) is 4. The van der Waals surface area contributed by atoms with E-state index in [-0.39, 0.29) is 5.91 Å². The summed E-state index contributed by atoms with van der Waals surface area (Å²) in [5.74, 6) is -0.0528. The summed E-state index contributed by atoms with van der Waals surface area (Å²) in [5.41, 5.74) is 1.47. The van der Waals surface area contributed by atoms with Gasteiger partial charge in [-0.2, -0.15) is 0 Å². The number of fused-ring (bicyclic) bond motifs is 1. The minimum atomic E-state index is -0.788. The molecule has 0 radical (unpaired) electrons. The van der Waals surface area contributed by atoms with Crippen LogP contribution in [0.2, 0.25) is 0 Å². The van der Waals surface area contributed by atoms with Crippen LogP contribution in [0.3, 0.4) is 0 Å². The first-order valence-electron chi connectivity index (χ1n) is 7.35. The molecule has 0 aliphatic carbocycles. The zero-order valence-corrected chi connectivity index (χ0v) is 12.4. The van der Waals surface area contributed by atoms with Gasteiger partial charge in [0.15, 0.2) is 0 Å². The van der Waals surface area contributed by atoms with E-state index in [2.05, 4.69) is 10.3 Å². The molecular weight excluding hydrogens is 268 g/mol. The number of amides is 1. The number of piperidine rings is 1. The molecule has 1 N–H and O–H groups in total. The number of hydrogen-bond acceptors (Lipinski definition) is 4. The van der Waals surface area contributed by atoms with Crippen LogP contribution < -0.4 is 0 Å². The Morgan fingerprint density at radius 3 is 3.00 bits per heavy atom. The summed E-state index contributed by atoms with van der Waals surface area (Å²) in [6, 6.07) is 5.47. The number of β-amino-alcohol motifs (C(OH)–C–C–N with tert-alkyl or cyclic N) is 1. The Balaban J connectivity index is 1.87. The number of likely N-dealkylation sites (tertiary alicyclic amines) is 1. The first kappa shape index (κ1) is 14.0. The lowest BCUT2D eigenvalue weighted by Gasteiger charge is -2.36. The van der Waals surface area contributed by atoms with Crippen LogP contribution in [0, 0.1) is 0 Å². The van der Waals surface area contributed by atoms with E-state index >= 15 is 0 Å². The fourth-order valence-electron chi connectivity index (χ4n) is 2.91. The third-order valence-corrected chi connectivity index (χ3v) is 4.02. The van der Waals surface area contributed by atoms with Gasteiger partial charge >= 0.3 is 0 Å². The van der Waals surface area contributed by atoms with E-state index in [1.807, 2.05) is 19.1 Å². The predicted molar refractivity (Wildman–Crippen MR) is 79.0 cm³/mol. The lowest BCUT2D eigenvalue weighted by molar-refractivity contribution is -0.0107. The second-order valence-electron chi connectivity index (χ2n) is 5.94. The Labute approximate surface area is 123 Å². The summed E-state index contributed by atoms with van der Waals surface area (Å²) < 4.78 is 1.80. The van der Waals surface area contributed by atoms with Crippen LogP contribution in [0.4, 0.5) is 0 Å². The second-order valence-corrected chi connectivity index (χ2v) is 5.94. The van der Waals surface area contributed by atoms with E-state index in [0.29, 0.717) is 18.7 Å². The molecule has 1 fully saturated rings. The largest absolute Gasteiger partial charge is 0.388 e. The number of carbonyl (C=O) groups is 1. The van der Waals surface area contributed by atoms with Crippen LogP contribution in [0.5, 0.6) is 0 Å². The maximum absolute atomic E-state index is 12.6. The zero-order valence-electron chi connectivity index (χ0n) is 12.4. The van der Waals surface area contributed by atoms with E-state index in [0.717, 1.165) is 30.4 Å². The topological polar surface area (TPSA) is 71.2 Å². The third-order valence-electron chi connectivity index (χ3n) is 4.02. The summed E-state index contributed by atoms with van der Waals surface area (Å²) >= 11 is 0. The highest BCUT2D eigenvalue weighted by molar-refractivity contribution is 5.97. The predicted octanol–water partition coefficient (Wildman–Crippen LogP) is 1.44. The summed E-state index contributed by atoms with van der Waals surface area (Å²) in [6.07, 6.45) is 1.56. The van der Waals surface area contributed by atoms with Gasteiger partial charge in [-0.15, -0.1) is 5.10 Å². The Morgan fingerprint density at radius 1 is 1.48 bits per heavy atom. The van der Waals surface area contributed by atoms with Crippen molar-refractivity contribution in [2.24, 2.45) is 0 Å². The van der Waals surface area contributed by atoms with Gasteiger partial charge in [-0.1, -0.05) is 5.21 Å². The van der Waals surface area contributed by atoms with Crippen molar-refractivity contribution in [2.45, 2.75) is 38.8 Å². The Bertz CT molecular complexity index is 677. The zero-order chi connectivity index (χ0) is 15.0. The number of hydrogen-bond donors (Lipinski definition) is 1. The number of carbonyl (C=O) groups excluding carboxylic acids is 1. The average molecular weight is 288 g/mol. The van der Waals surface area contributed by atoms with Crippen LogP contribution >= 0.6 is 0 Å². The molecule has 1 unspecified atom stereocenters. The van der Waals surface area contributed by atoms with Gasteiger partial charge in [-0.05, 0) is 44.9 Å². The maximum atomic E-state index is 12.6. The third kappa shape index (κ3) is 2.63. The monoisotopic (exact) mass is 288 g/mol. The molecule has 0 spiro atoms. The van der Waals surface area contributed by atoms with Crippen molar-refractivity contribution in [3.05, 3.63) is 23.8 Å². The molecule has 21 heavy (non-hydrogen) atoms. The summed E-state index contributed by atoms with van der Waals surface area (Å²) in [6.45, 7) is 5.60. The Hall–Kier alpha value is -1.95. The molecule has 112 valence electrons. The lowest BCUT2D eigenvalue weighted by Crippen LogP contribution is -2.48. The van der Waals surface area contributed by atoms with Gasteiger partial charge in [0.1, 0.15) is 5.52 Å².